The molecule has 1 aliphatic carbocycles. The number of rotatable bonds is 11. The quantitative estimate of drug-likeness (QED) is 0.316. The lowest BCUT2D eigenvalue weighted by Crippen LogP contribution is -2.59. The first-order chi connectivity index (χ1) is 20.6. The second-order valence-electron chi connectivity index (χ2n) is 13.8. The fraction of sp³-hybridized carbons (Fsp3) is 0.543. The summed E-state index contributed by atoms with van der Waals surface area (Å²) in [6, 6.07) is 15.3. The molecule has 240 valence electrons. The molecule has 44 heavy (non-hydrogen) atoms. The van der Waals surface area contributed by atoms with E-state index in [-0.39, 0.29) is 24.3 Å². The molecule has 3 unspecified atom stereocenters. The predicted octanol–water partition coefficient (Wildman–Crippen LogP) is 5.73. The molecule has 9 heteroatoms. The Morgan fingerprint density at radius 1 is 0.818 bits per heavy atom. The number of carbonyl (C=O) groups is 4. The summed E-state index contributed by atoms with van der Waals surface area (Å²) in [7, 11) is 0. The van der Waals surface area contributed by atoms with Crippen molar-refractivity contribution in [3.8, 4) is 0 Å². The summed E-state index contributed by atoms with van der Waals surface area (Å²) in [5.41, 5.74) is -0.0492. The largest absolute Gasteiger partial charge is 0.458 e. The van der Waals surface area contributed by atoms with Crippen LogP contribution in [-0.4, -0.2) is 58.1 Å². The lowest BCUT2D eigenvalue weighted by atomic mass is 9.87. The maximum Gasteiger partial charge on any atom is 0.408 e. The summed E-state index contributed by atoms with van der Waals surface area (Å²) in [4.78, 5) is 56.6. The summed E-state index contributed by atoms with van der Waals surface area (Å²) < 4.78 is 11.2. The monoisotopic (exact) mass is 607 g/mol. The lowest BCUT2D eigenvalue weighted by Gasteiger charge is -2.44. The maximum absolute atomic E-state index is 14.4. The molecule has 1 aliphatic rings. The third-order valence-electron chi connectivity index (χ3n) is 7.26. The van der Waals surface area contributed by atoms with Gasteiger partial charge in [0.05, 0.1) is 0 Å². The summed E-state index contributed by atoms with van der Waals surface area (Å²) in [5.74, 6) is -1.72. The lowest BCUT2D eigenvalue weighted by molar-refractivity contribution is -0.159. The highest BCUT2D eigenvalue weighted by atomic mass is 16.6. The molecule has 3 amide bonds. The van der Waals surface area contributed by atoms with Crippen LogP contribution in [0.4, 0.5) is 4.79 Å². The Kier molecular flexibility index (Phi) is 11.6. The van der Waals surface area contributed by atoms with Crippen LogP contribution in [0.5, 0.6) is 0 Å². The van der Waals surface area contributed by atoms with Crippen LogP contribution in [0.1, 0.15) is 91.8 Å². The minimum absolute atomic E-state index is 0.214. The summed E-state index contributed by atoms with van der Waals surface area (Å²) in [6.07, 6.45) is 1.87. The van der Waals surface area contributed by atoms with E-state index in [1.165, 1.54) is 0 Å². The molecule has 0 heterocycles. The molecule has 1 saturated carbocycles. The number of hydrogen-bond donors (Lipinski definition) is 2. The third-order valence-corrected chi connectivity index (χ3v) is 7.26. The SMILES string of the molecule is CC(C)C(NC(=O)OC(C)(C)C)C(=O)N(C1CCC1)C(C(=O)NC(Cc1ccccc1)C(=O)OC(C)(C)C)c1ccccc1. The van der Waals surface area contributed by atoms with Crippen LogP contribution in [0.2, 0.25) is 0 Å². The van der Waals surface area contributed by atoms with Crippen LogP contribution in [0.15, 0.2) is 60.7 Å². The molecule has 2 aromatic carbocycles. The maximum atomic E-state index is 14.4. The average Bonchev–Trinajstić information content (AvgIpc) is 2.88. The number of hydrogen-bond acceptors (Lipinski definition) is 6. The number of ether oxygens (including phenoxy) is 2. The van der Waals surface area contributed by atoms with Crippen molar-refractivity contribution in [2.45, 2.75) is 116 Å². The van der Waals surface area contributed by atoms with Crippen molar-refractivity contribution in [2.24, 2.45) is 5.92 Å². The highest BCUT2D eigenvalue weighted by molar-refractivity contribution is 5.94. The molecule has 3 atom stereocenters. The highest BCUT2D eigenvalue weighted by Crippen LogP contribution is 2.34. The van der Waals surface area contributed by atoms with E-state index in [9.17, 15) is 19.2 Å². The van der Waals surface area contributed by atoms with Crippen LogP contribution in [0, 0.1) is 5.92 Å². The normalized spacial score (nSPS) is 15.8. The zero-order chi connectivity index (χ0) is 32.7. The molecular weight excluding hydrogens is 558 g/mol. The van der Waals surface area contributed by atoms with Crippen LogP contribution in [0.3, 0.4) is 0 Å². The second-order valence-corrected chi connectivity index (χ2v) is 13.8. The molecule has 0 radical (unpaired) electrons. The fourth-order valence-corrected chi connectivity index (χ4v) is 5.03. The Morgan fingerprint density at radius 2 is 1.36 bits per heavy atom. The van der Waals surface area contributed by atoms with E-state index in [1.807, 2.05) is 62.4 Å². The topological polar surface area (TPSA) is 114 Å². The number of nitrogens with zero attached hydrogens (tertiary/aromatic N) is 1. The Morgan fingerprint density at radius 3 is 1.84 bits per heavy atom. The van der Waals surface area contributed by atoms with Gasteiger partial charge in [-0.05, 0) is 77.8 Å². The first kappa shape index (κ1) is 34.6. The molecule has 0 spiro atoms. The number of carbonyl (C=O) groups excluding carboxylic acids is 4. The number of amides is 3. The van der Waals surface area contributed by atoms with Crippen LogP contribution in [-0.2, 0) is 30.3 Å². The highest BCUT2D eigenvalue weighted by Gasteiger charge is 2.43. The van der Waals surface area contributed by atoms with E-state index in [4.69, 9.17) is 9.47 Å². The second kappa shape index (κ2) is 14.7. The molecule has 0 aromatic heterocycles. The van der Waals surface area contributed by atoms with Crippen molar-refractivity contribution in [1.29, 1.82) is 0 Å². The van der Waals surface area contributed by atoms with Gasteiger partial charge in [0.1, 0.15) is 29.3 Å². The average molecular weight is 608 g/mol. The zero-order valence-corrected chi connectivity index (χ0v) is 27.4. The van der Waals surface area contributed by atoms with Crippen LogP contribution < -0.4 is 10.6 Å². The van der Waals surface area contributed by atoms with Crippen molar-refractivity contribution in [3.05, 3.63) is 71.8 Å². The molecule has 0 bridgehead atoms. The fourth-order valence-electron chi connectivity index (χ4n) is 5.03. The minimum atomic E-state index is -1.05. The Balaban J connectivity index is 2.01. The Hall–Kier alpha value is -3.88. The van der Waals surface area contributed by atoms with Gasteiger partial charge in [-0.2, -0.15) is 0 Å². The molecule has 0 saturated heterocycles. The van der Waals surface area contributed by atoms with Gasteiger partial charge in [0.15, 0.2) is 0 Å². The van der Waals surface area contributed by atoms with Crippen molar-refractivity contribution in [3.63, 3.8) is 0 Å². The number of alkyl carbamates (subject to hydrolysis) is 1. The molecule has 3 rings (SSSR count). The van der Waals surface area contributed by atoms with Gasteiger partial charge in [0, 0.05) is 12.5 Å². The zero-order valence-electron chi connectivity index (χ0n) is 27.4. The van der Waals surface area contributed by atoms with Gasteiger partial charge in [-0.1, -0.05) is 74.5 Å². The Bertz CT molecular complexity index is 1260. The van der Waals surface area contributed by atoms with Crippen molar-refractivity contribution in [2.75, 3.05) is 0 Å². The van der Waals surface area contributed by atoms with Gasteiger partial charge >= 0.3 is 12.1 Å². The summed E-state index contributed by atoms with van der Waals surface area (Å²) in [6.45, 7) is 14.3. The molecule has 1 fully saturated rings. The van der Waals surface area contributed by atoms with E-state index in [2.05, 4.69) is 10.6 Å². The van der Waals surface area contributed by atoms with E-state index in [0.717, 1.165) is 24.8 Å². The van der Waals surface area contributed by atoms with E-state index >= 15 is 0 Å². The van der Waals surface area contributed by atoms with Gasteiger partial charge in [-0.15, -0.1) is 0 Å². The van der Waals surface area contributed by atoms with Gasteiger partial charge in [-0.25, -0.2) is 9.59 Å². The predicted molar refractivity (Wildman–Crippen MR) is 170 cm³/mol. The van der Waals surface area contributed by atoms with Crippen LogP contribution in [0.25, 0.3) is 0 Å². The smallest absolute Gasteiger partial charge is 0.408 e. The van der Waals surface area contributed by atoms with Gasteiger partial charge in [-0.3, -0.25) is 9.59 Å². The van der Waals surface area contributed by atoms with Gasteiger partial charge in [0.2, 0.25) is 11.8 Å². The minimum Gasteiger partial charge on any atom is -0.458 e. The van der Waals surface area contributed by atoms with Gasteiger partial charge in [0.25, 0.3) is 0 Å². The first-order valence-corrected chi connectivity index (χ1v) is 15.5. The van der Waals surface area contributed by atoms with Gasteiger partial charge < -0.3 is 25.0 Å². The standard InChI is InChI=1S/C35H49N3O6/c1-23(2)28(37-33(42)44-35(6,7)8)31(40)38(26-20-15-21-26)29(25-18-13-10-14-19-25)30(39)36-27(32(41)43-34(3,4)5)22-24-16-11-9-12-17-24/h9-14,16-19,23,26-29H,15,20-22H2,1-8H3,(H,36,39)(H,37,42). The van der Waals surface area contributed by atoms with E-state index < -0.39 is 47.3 Å². The third kappa shape index (κ3) is 10.1. The molecule has 2 N–H and O–H groups in total. The van der Waals surface area contributed by atoms with E-state index in [1.54, 1.807) is 58.6 Å². The van der Waals surface area contributed by atoms with Crippen LogP contribution >= 0.6 is 0 Å². The van der Waals surface area contributed by atoms with Crippen molar-refractivity contribution >= 4 is 23.9 Å². The van der Waals surface area contributed by atoms with Crippen molar-refractivity contribution < 1.29 is 28.7 Å². The number of nitrogens with one attached hydrogen (secondary N) is 2. The number of benzene rings is 2. The van der Waals surface area contributed by atoms with E-state index in [0.29, 0.717) is 5.56 Å². The molecular formula is C35H49N3O6. The molecule has 9 nitrogen and oxygen atoms in total. The Labute approximate surface area is 262 Å². The van der Waals surface area contributed by atoms with Crippen molar-refractivity contribution in [1.82, 2.24) is 15.5 Å². The molecule has 0 aliphatic heterocycles. The molecule has 2 aromatic rings. The number of esters is 1. The summed E-state index contributed by atoms with van der Waals surface area (Å²) >= 11 is 0. The first-order valence-electron chi connectivity index (χ1n) is 15.5. The summed E-state index contributed by atoms with van der Waals surface area (Å²) in [5, 5.41) is 5.71.